The Morgan fingerprint density at radius 2 is 1.24 bits per heavy atom. The number of amides is 2. The SMILES string of the molecule is CCCCCCCCCCCCCCCCCCNC(=O)OCC(COP(=O)([O-])OCC[N+](C)(C)C)OC(=O)NC. The molecule has 0 aliphatic rings. The van der Waals surface area contributed by atoms with Crippen LogP contribution in [0.5, 0.6) is 0 Å². The number of rotatable bonds is 27. The lowest BCUT2D eigenvalue weighted by atomic mass is 10.0. The molecule has 11 nitrogen and oxygen atoms in total. The Bertz CT molecular complexity index is 706. The van der Waals surface area contributed by atoms with E-state index in [9.17, 15) is 19.0 Å². The summed E-state index contributed by atoms with van der Waals surface area (Å²) in [5.74, 6) is 0. The maximum atomic E-state index is 12.0. The number of carbonyl (C=O) groups is 2. The second kappa shape index (κ2) is 25.1. The number of nitrogens with zero attached hydrogens (tertiary/aromatic N) is 1. The van der Waals surface area contributed by atoms with Crippen LogP contribution in [0.4, 0.5) is 9.59 Å². The molecule has 0 aromatic heterocycles. The van der Waals surface area contributed by atoms with Crippen LogP contribution in [0.15, 0.2) is 0 Å². The smallest absolute Gasteiger partial charge is 0.407 e. The molecule has 2 N–H and O–H groups in total. The average Bonchev–Trinajstić information content (AvgIpc) is 2.90. The van der Waals surface area contributed by atoms with Crippen LogP contribution in [0.25, 0.3) is 0 Å². The molecule has 2 unspecified atom stereocenters. The van der Waals surface area contributed by atoms with E-state index in [1.807, 2.05) is 21.1 Å². The first-order chi connectivity index (χ1) is 19.5. The Kier molecular flexibility index (Phi) is 24.3. The third-order valence-corrected chi connectivity index (χ3v) is 7.57. The second-order valence-electron chi connectivity index (χ2n) is 11.7. The topological polar surface area (TPSA) is 135 Å². The van der Waals surface area contributed by atoms with E-state index in [-0.39, 0.29) is 13.2 Å². The number of carbonyl (C=O) groups excluding carboxylic acids is 2. The van der Waals surface area contributed by atoms with Crippen LogP contribution in [0.3, 0.4) is 0 Å². The summed E-state index contributed by atoms with van der Waals surface area (Å²) in [6.07, 6.45) is 17.9. The molecule has 0 aromatic rings. The molecular formula is C29H60N3O8P. The van der Waals surface area contributed by atoms with E-state index < -0.39 is 32.7 Å². The summed E-state index contributed by atoms with van der Waals surface area (Å²) in [5.41, 5.74) is 0. The fourth-order valence-corrected chi connectivity index (χ4v) is 4.78. The summed E-state index contributed by atoms with van der Waals surface area (Å²) in [6.45, 7) is 2.24. The van der Waals surface area contributed by atoms with Gasteiger partial charge in [-0.2, -0.15) is 0 Å². The number of phosphoric acid groups is 1. The normalized spacial score (nSPS) is 13.8. The second-order valence-corrected chi connectivity index (χ2v) is 13.1. The third-order valence-electron chi connectivity index (χ3n) is 6.61. The van der Waals surface area contributed by atoms with Gasteiger partial charge in [0.15, 0.2) is 6.10 Å². The van der Waals surface area contributed by atoms with E-state index in [2.05, 4.69) is 17.6 Å². The van der Waals surface area contributed by atoms with E-state index in [0.29, 0.717) is 17.6 Å². The van der Waals surface area contributed by atoms with E-state index >= 15 is 0 Å². The first-order valence-electron chi connectivity index (χ1n) is 15.7. The number of phosphoric ester groups is 1. The van der Waals surface area contributed by atoms with E-state index in [4.69, 9.17) is 18.5 Å². The van der Waals surface area contributed by atoms with Crippen LogP contribution in [0.2, 0.25) is 0 Å². The largest absolute Gasteiger partial charge is 0.756 e. The quantitative estimate of drug-likeness (QED) is 0.0667. The van der Waals surface area contributed by atoms with Crippen molar-refractivity contribution in [2.75, 3.05) is 61.1 Å². The van der Waals surface area contributed by atoms with Crippen molar-refractivity contribution in [2.45, 2.75) is 116 Å². The number of alkyl carbamates (subject to hydrolysis) is 2. The van der Waals surface area contributed by atoms with Crippen LogP contribution in [0.1, 0.15) is 110 Å². The highest BCUT2D eigenvalue weighted by atomic mass is 31.2. The number of quaternary nitrogens is 1. The molecule has 0 spiro atoms. The van der Waals surface area contributed by atoms with Crippen molar-refractivity contribution in [1.82, 2.24) is 10.6 Å². The van der Waals surface area contributed by atoms with Gasteiger partial charge in [-0.05, 0) is 6.42 Å². The monoisotopic (exact) mass is 609 g/mol. The van der Waals surface area contributed by atoms with Gasteiger partial charge < -0.3 is 38.5 Å². The number of hydrogen-bond donors (Lipinski definition) is 2. The number of unbranched alkanes of at least 4 members (excludes halogenated alkanes) is 15. The van der Waals surface area contributed by atoms with Gasteiger partial charge in [-0.3, -0.25) is 4.57 Å². The first kappa shape index (κ1) is 39.6. The minimum atomic E-state index is -4.61. The Hall–Kier alpha value is -1.39. The molecular weight excluding hydrogens is 549 g/mol. The van der Waals surface area contributed by atoms with Crippen molar-refractivity contribution in [2.24, 2.45) is 0 Å². The lowest BCUT2D eigenvalue weighted by Crippen LogP contribution is -2.38. The van der Waals surface area contributed by atoms with Gasteiger partial charge in [-0.1, -0.05) is 103 Å². The summed E-state index contributed by atoms with van der Waals surface area (Å²) < 4.78 is 32.3. The number of nitrogens with one attached hydrogen (secondary N) is 2. The predicted octanol–water partition coefficient (Wildman–Crippen LogP) is 5.91. The Morgan fingerprint density at radius 1 is 0.756 bits per heavy atom. The fraction of sp³-hybridized carbons (Fsp3) is 0.931. The molecule has 0 bridgehead atoms. The van der Waals surface area contributed by atoms with Crippen molar-refractivity contribution in [3.63, 3.8) is 0 Å². The molecule has 2 amide bonds. The summed E-state index contributed by atoms with van der Waals surface area (Å²) >= 11 is 0. The average molecular weight is 610 g/mol. The van der Waals surface area contributed by atoms with E-state index in [1.165, 1.54) is 90.5 Å². The van der Waals surface area contributed by atoms with E-state index in [0.717, 1.165) is 19.3 Å². The minimum Gasteiger partial charge on any atom is -0.756 e. The number of likely N-dealkylation sites (N-methyl/N-ethyl adjacent to an activating group) is 1. The molecule has 244 valence electrons. The lowest BCUT2D eigenvalue weighted by molar-refractivity contribution is -0.870. The molecule has 0 saturated heterocycles. The van der Waals surface area contributed by atoms with Crippen molar-refractivity contribution in [1.29, 1.82) is 0 Å². The number of hydrogen-bond acceptors (Lipinski definition) is 8. The Labute approximate surface area is 249 Å². The van der Waals surface area contributed by atoms with Crippen LogP contribution < -0.4 is 15.5 Å². The summed E-state index contributed by atoms with van der Waals surface area (Å²) in [7, 11) is 2.45. The molecule has 0 radical (unpaired) electrons. The van der Waals surface area contributed by atoms with Crippen LogP contribution in [-0.2, 0) is 23.1 Å². The van der Waals surface area contributed by atoms with Gasteiger partial charge in [0.05, 0.1) is 27.7 Å². The Balaban J connectivity index is 3.89. The highest BCUT2D eigenvalue weighted by Crippen LogP contribution is 2.38. The summed E-state index contributed by atoms with van der Waals surface area (Å²) in [6, 6.07) is 0. The van der Waals surface area contributed by atoms with Gasteiger partial charge in [-0.15, -0.1) is 0 Å². The zero-order valence-corrected chi connectivity index (χ0v) is 27.5. The maximum absolute atomic E-state index is 12.0. The molecule has 0 fully saturated rings. The molecule has 0 aliphatic carbocycles. The van der Waals surface area contributed by atoms with Gasteiger partial charge in [0.1, 0.15) is 19.8 Å². The minimum absolute atomic E-state index is 0.0521. The van der Waals surface area contributed by atoms with Gasteiger partial charge in [0, 0.05) is 13.6 Å². The van der Waals surface area contributed by atoms with Gasteiger partial charge >= 0.3 is 12.2 Å². The highest BCUT2D eigenvalue weighted by Gasteiger charge is 2.21. The van der Waals surface area contributed by atoms with Crippen molar-refractivity contribution < 1.29 is 42.1 Å². The maximum Gasteiger partial charge on any atom is 0.407 e. The molecule has 41 heavy (non-hydrogen) atoms. The van der Waals surface area contributed by atoms with Crippen LogP contribution in [-0.4, -0.2) is 83.9 Å². The summed E-state index contributed by atoms with van der Waals surface area (Å²) in [5, 5.41) is 4.93. The predicted molar refractivity (Wildman–Crippen MR) is 161 cm³/mol. The van der Waals surface area contributed by atoms with E-state index in [1.54, 1.807) is 0 Å². The molecule has 0 saturated carbocycles. The zero-order valence-electron chi connectivity index (χ0n) is 26.6. The van der Waals surface area contributed by atoms with Crippen molar-refractivity contribution >= 4 is 20.0 Å². The highest BCUT2D eigenvalue weighted by molar-refractivity contribution is 7.45. The van der Waals surface area contributed by atoms with Crippen LogP contribution >= 0.6 is 7.82 Å². The van der Waals surface area contributed by atoms with Gasteiger partial charge in [0.25, 0.3) is 7.82 Å². The Morgan fingerprint density at radius 3 is 1.71 bits per heavy atom. The molecule has 0 rings (SSSR count). The first-order valence-corrected chi connectivity index (χ1v) is 17.1. The molecule has 0 aliphatic heterocycles. The van der Waals surface area contributed by atoms with Gasteiger partial charge in [-0.25, -0.2) is 9.59 Å². The van der Waals surface area contributed by atoms with Gasteiger partial charge in [0.2, 0.25) is 0 Å². The molecule has 0 aromatic carbocycles. The van der Waals surface area contributed by atoms with Crippen molar-refractivity contribution in [3.05, 3.63) is 0 Å². The molecule has 2 atom stereocenters. The lowest BCUT2D eigenvalue weighted by Gasteiger charge is -2.28. The number of ether oxygens (including phenoxy) is 2. The third kappa shape index (κ3) is 28.5. The standard InChI is InChI=1S/C29H60N3O8P/c1-6-7-8-9-10-11-12-13-14-15-16-17-18-19-20-21-22-31-29(34)37-25-27(40-28(33)30-2)26-39-41(35,36)38-24-23-32(3,4)5/h27H,6-26H2,1-5H3,(H2-,30,31,33,34,35,36). The van der Waals surface area contributed by atoms with Crippen LogP contribution in [0, 0.1) is 0 Å². The zero-order chi connectivity index (χ0) is 30.8. The molecule has 12 heteroatoms. The molecule has 0 heterocycles. The van der Waals surface area contributed by atoms with Crippen molar-refractivity contribution in [3.8, 4) is 0 Å². The summed E-state index contributed by atoms with van der Waals surface area (Å²) in [4.78, 5) is 35.6. The fourth-order valence-electron chi connectivity index (χ4n) is 4.05.